The zero-order valence-corrected chi connectivity index (χ0v) is 13.4. The van der Waals surface area contributed by atoms with Crippen LogP contribution < -0.4 is 9.05 Å². The van der Waals surface area contributed by atoms with Crippen LogP contribution in [0.25, 0.3) is 0 Å². The maximum atomic E-state index is 11.7. The number of hydrogen-bond donors (Lipinski definition) is 1. The molecule has 0 amide bonds. The van der Waals surface area contributed by atoms with Crippen LogP contribution in [0.2, 0.25) is 0 Å². The van der Waals surface area contributed by atoms with Gasteiger partial charge in [-0.15, -0.1) is 0 Å². The van der Waals surface area contributed by atoms with Crippen molar-refractivity contribution in [3.63, 3.8) is 0 Å². The second-order valence-electron chi connectivity index (χ2n) is 3.28. The predicted octanol–water partition coefficient (Wildman–Crippen LogP) is 3.24. The number of rotatable bonds is 4. The fourth-order valence-electron chi connectivity index (χ4n) is 1.25. The van der Waals surface area contributed by atoms with Crippen LogP contribution in [-0.2, 0) is 4.57 Å². The molecule has 0 bridgehead atoms. The minimum absolute atomic E-state index is 0. The summed E-state index contributed by atoms with van der Waals surface area (Å²) in [4.78, 5) is 9.53. The van der Waals surface area contributed by atoms with E-state index in [1.165, 1.54) is 0 Å². The standard InChI is InChI=1S/C12H11O4P.Ce/c13-17(14,15-11-7-3-1-4-8-11)16-12-9-5-2-6-10-12;/h1-10H,(H,13,14);. The monoisotopic (exact) mass is 390 g/mol. The third-order valence-corrected chi connectivity index (χ3v) is 2.81. The topological polar surface area (TPSA) is 55.8 Å². The molecule has 92 valence electrons. The van der Waals surface area contributed by atoms with Crippen LogP contribution in [0.4, 0.5) is 0 Å². The first-order chi connectivity index (χ1) is 8.16. The molecule has 0 fully saturated rings. The summed E-state index contributed by atoms with van der Waals surface area (Å²) in [5.41, 5.74) is 0. The van der Waals surface area contributed by atoms with Crippen molar-refractivity contribution in [3.05, 3.63) is 60.7 Å². The number of phosphoric acid groups is 1. The van der Waals surface area contributed by atoms with Gasteiger partial charge in [-0.05, 0) is 24.3 Å². The third kappa shape index (κ3) is 5.08. The summed E-state index contributed by atoms with van der Waals surface area (Å²) in [6.45, 7) is 0. The molecule has 0 aliphatic rings. The van der Waals surface area contributed by atoms with Crippen LogP contribution in [0.15, 0.2) is 60.7 Å². The molecule has 0 spiro atoms. The molecule has 2 rings (SSSR count). The quantitative estimate of drug-likeness (QED) is 0.815. The van der Waals surface area contributed by atoms with Crippen molar-refractivity contribution in [1.82, 2.24) is 0 Å². The smallest absolute Gasteiger partial charge is 0.395 e. The molecule has 0 saturated heterocycles. The minimum atomic E-state index is -4.14. The van der Waals surface area contributed by atoms with Crippen LogP contribution in [0.5, 0.6) is 11.5 Å². The van der Waals surface area contributed by atoms with E-state index < -0.39 is 7.82 Å². The Morgan fingerprint density at radius 2 is 1.11 bits per heavy atom. The number of para-hydroxylation sites is 2. The Morgan fingerprint density at radius 1 is 0.778 bits per heavy atom. The molecule has 0 aliphatic heterocycles. The summed E-state index contributed by atoms with van der Waals surface area (Å²) in [7, 11) is -4.14. The van der Waals surface area contributed by atoms with E-state index in [-0.39, 0.29) is 53.2 Å². The van der Waals surface area contributed by atoms with Gasteiger partial charge < -0.3 is 9.05 Å². The Hall–Kier alpha value is -0.393. The van der Waals surface area contributed by atoms with Gasteiger partial charge in [0.1, 0.15) is 11.5 Å². The molecule has 0 atom stereocenters. The average molecular weight is 390 g/mol. The number of phosphoric ester groups is 1. The van der Waals surface area contributed by atoms with E-state index in [0.29, 0.717) is 0 Å². The van der Waals surface area contributed by atoms with E-state index in [1.54, 1.807) is 60.7 Å². The van der Waals surface area contributed by atoms with E-state index in [0.717, 1.165) is 0 Å². The molecule has 0 heterocycles. The Balaban J connectivity index is 0.00000162. The minimum Gasteiger partial charge on any atom is -0.395 e. The van der Waals surface area contributed by atoms with Gasteiger partial charge in [0, 0.05) is 41.7 Å². The van der Waals surface area contributed by atoms with Crippen molar-refractivity contribution >= 4 is 7.82 Å². The fraction of sp³-hybridized carbons (Fsp3) is 0. The molecule has 0 aliphatic carbocycles. The Morgan fingerprint density at radius 3 is 1.44 bits per heavy atom. The van der Waals surface area contributed by atoms with Gasteiger partial charge in [0.2, 0.25) is 0 Å². The van der Waals surface area contributed by atoms with Crippen molar-refractivity contribution in [2.75, 3.05) is 0 Å². The molecule has 2 aromatic rings. The van der Waals surface area contributed by atoms with Crippen molar-refractivity contribution in [1.29, 1.82) is 0 Å². The molecule has 18 heavy (non-hydrogen) atoms. The summed E-state index contributed by atoms with van der Waals surface area (Å²) in [5, 5.41) is 0. The van der Waals surface area contributed by atoms with Gasteiger partial charge in [0.05, 0.1) is 0 Å². The van der Waals surface area contributed by atoms with Crippen molar-refractivity contribution < 1.29 is 60.3 Å². The first-order valence-corrected chi connectivity index (χ1v) is 6.47. The Labute approximate surface area is 139 Å². The van der Waals surface area contributed by atoms with E-state index in [4.69, 9.17) is 9.05 Å². The maximum Gasteiger partial charge on any atom is 0.584 e. The van der Waals surface area contributed by atoms with Crippen LogP contribution in [0, 0.1) is 41.7 Å². The fourth-order valence-corrected chi connectivity index (χ4v) is 2.06. The largest absolute Gasteiger partial charge is 0.584 e. The van der Waals surface area contributed by atoms with Crippen LogP contribution in [0.3, 0.4) is 0 Å². The summed E-state index contributed by atoms with van der Waals surface area (Å²) in [6, 6.07) is 16.7. The van der Waals surface area contributed by atoms with Crippen molar-refractivity contribution in [2.24, 2.45) is 0 Å². The van der Waals surface area contributed by atoms with Crippen LogP contribution >= 0.6 is 7.82 Å². The zero-order chi connectivity index (χ0) is 12.1. The molecule has 4 nitrogen and oxygen atoms in total. The molecule has 2 aromatic carbocycles. The van der Waals surface area contributed by atoms with Gasteiger partial charge in [-0.2, -0.15) is 0 Å². The SMILES string of the molecule is O=P(O)(Oc1ccccc1)Oc1ccccc1.[Ce]. The average Bonchev–Trinajstić information content (AvgIpc) is 2.30. The number of benzene rings is 2. The van der Waals surface area contributed by atoms with Gasteiger partial charge >= 0.3 is 7.82 Å². The van der Waals surface area contributed by atoms with Gasteiger partial charge in [0.15, 0.2) is 0 Å². The molecule has 0 radical (unpaired) electrons. The first kappa shape index (κ1) is 15.7. The second-order valence-corrected chi connectivity index (χ2v) is 4.58. The normalized spacial score (nSPS) is 10.3. The maximum absolute atomic E-state index is 11.7. The van der Waals surface area contributed by atoms with Gasteiger partial charge in [-0.1, -0.05) is 36.4 Å². The van der Waals surface area contributed by atoms with Crippen LogP contribution in [0.1, 0.15) is 0 Å². The summed E-state index contributed by atoms with van der Waals surface area (Å²) in [6.07, 6.45) is 0. The van der Waals surface area contributed by atoms with Crippen molar-refractivity contribution in [3.8, 4) is 11.5 Å². The summed E-state index contributed by atoms with van der Waals surface area (Å²) >= 11 is 0. The Bertz CT molecular complexity index is 473. The first-order valence-electron chi connectivity index (χ1n) is 4.98. The van der Waals surface area contributed by atoms with Gasteiger partial charge in [0.25, 0.3) is 0 Å². The summed E-state index contributed by atoms with van der Waals surface area (Å²) < 4.78 is 21.5. The molecular formula is C12H11CeO4P. The van der Waals surface area contributed by atoms with Crippen LogP contribution in [-0.4, -0.2) is 4.89 Å². The third-order valence-electron chi connectivity index (χ3n) is 1.93. The van der Waals surface area contributed by atoms with E-state index in [1.807, 2.05) is 0 Å². The van der Waals surface area contributed by atoms with Gasteiger partial charge in [-0.3, -0.25) is 4.89 Å². The molecule has 0 unspecified atom stereocenters. The molecule has 0 aromatic heterocycles. The summed E-state index contributed by atoms with van der Waals surface area (Å²) in [5.74, 6) is 0.573. The zero-order valence-electron chi connectivity index (χ0n) is 9.39. The van der Waals surface area contributed by atoms with E-state index in [9.17, 15) is 9.46 Å². The molecular weight excluding hydrogens is 379 g/mol. The molecule has 1 N–H and O–H groups in total. The molecule has 0 saturated carbocycles. The van der Waals surface area contributed by atoms with E-state index in [2.05, 4.69) is 0 Å². The number of hydrogen-bond acceptors (Lipinski definition) is 3. The van der Waals surface area contributed by atoms with E-state index >= 15 is 0 Å². The van der Waals surface area contributed by atoms with Crippen molar-refractivity contribution in [2.45, 2.75) is 0 Å². The Kier molecular flexibility index (Phi) is 6.32. The second kappa shape index (κ2) is 7.26. The predicted molar refractivity (Wildman–Crippen MR) is 64.0 cm³/mol. The van der Waals surface area contributed by atoms with Gasteiger partial charge in [-0.25, -0.2) is 4.57 Å². The molecule has 6 heteroatoms.